The predicted octanol–water partition coefficient (Wildman–Crippen LogP) is 4.27. The fraction of sp³-hybridized carbons (Fsp3) is 0.625. The van der Waals surface area contributed by atoms with Gasteiger partial charge in [0, 0.05) is 37.5 Å². The number of esters is 1. The van der Waals surface area contributed by atoms with Crippen LogP contribution in [0.2, 0.25) is 0 Å². The van der Waals surface area contributed by atoms with Crippen LogP contribution in [0.25, 0.3) is 0 Å². The molecule has 1 fully saturated rings. The Balaban J connectivity index is 1.85. The number of unbranched alkanes of at least 4 members (excludes halogenated alkanes) is 1. The topological polar surface area (TPSA) is 66.0 Å². The second-order valence-corrected chi connectivity index (χ2v) is 7.99. The zero-order valence-electron chi connectivity index (χ0n) is 19.0. The van der Waals surface area contributed by atoms with Crippen LogP contribution in [0.3, 0.4) is 0 Å². The summed E-state index contributed by atoms with van der Waals surface area (Å²) in [4.78, 5) is 12.1. The van der Waals surface area contributed by atoms with Crippen LogP contribution in [0.4, 0.5) is 8.78 Å². The van der Waals surface area contributed by atoms with Crippen molar-refractivity contribution in [1.29, 1.82) is 0 Å². The molecular formula is C24H35F2NO5. The first-order chi connectivity index (χ1) is 15.4. The summed E-state index contributed by atoms with van der Waals surface area (Å²) in [5, 5.41) is 2.99. The summed E-state index contributed by atoms with van der Waals surface area (Å²) in [5.41, 5.74) is 0.904. The number of rotatable bonds is 14. The van der Waals surface area contributed by atoms with Gasteiger partial charge < -0.3 is 24.3 Å². The Morgan fingerprint density at radius 3 is 2.81 bits per heavy atom. The van der Waals surface area contributed by atoms with E-state index in [2.05, 4.69) is 18.8 Å². The molecule has 32 heavy (non-hydrogen) atoms. The highest BCUT2D eigenvalue weighted by molar-refractivity contribution is 5.72. The molecule has 3 atom stereocenters. The Morgan fingerprint density at radius 2 is 2.16 bits per heavy atom. The molecule has 1 N–H and O–H groups in total. The minimum Gasteiger partial charge on any atom is -0.459 e. The van der Waals surface area contributed by atoms with Crippen molar-refractivity contribution >= 4 is 5.97 Å². The van der Waals surface area contributed by atoms with E-state index in [-0.39, 0.29) is 43.0 Å². The number of hydrogen-bond donors (Lipinski definition) is 1. The van der Waals surface area contributed by atoms with Crippen LogP contribution in [0, 0.1) is 11.6 Å². The smallest absolute Gasteiger partial charge is 0.325 e. The fourth-order valence-electron chi connectivity index (χ4n) is 3.53. The summed E-state index contributed by atoms with van der Waals surface area (Å²) in [6.07, 6.45) is 3.85. The first-order valence-corrected chi connectivity index (χ1v) is 11.2. The lowest BCUT2D eigenvalue weighted by Gasteiger charge is -2.27. The Hall–Kier alpha value is -2.03. The summed E-state index contributed by atoms with van der Waals surface area (Å²) in [6, 6.07) is 3.44. The van der Waals surface area contributed by atoms with Gasteiger partial charge in [0.25, 0.3) is 0 Å². The highest BCUT2D eigenvalue weighted by Crippen LogP contribution is 2.20. The Kier molecular flexibility index (Phi) is 11.6. The molecule has 0 radical (unpaired) electrons. The van der Waals surface area contributed by atoms with Crippen molar-refractivity contribution in [3.05, 3.63) is 47.7 Å². The number of nitrogens with one attached hydrogen (secondary N) is 1. The molecule has 8 heteroatoms. The van der Waals surface area contributed by atoms with Crippen molar-refractivity contribution in [2.24, 2.45) is 0 Å². The Bertz CT molecular complexity index is 724. The van der Waals surface area contributed by atoms with Gasteiger partial charge in [0.1, 0.15) is 24.3 Å². The van der Waals surface area contributed by atoms with E-state index < -0.39 is 11.6 Å². The fourth-order valence-corrected chi connectivity index (χ4v) is 3.53. The molecule has 1 aliphatic rings. The molecule has 1 aromatic rings. The van der Waals surface area contributed by atoms with Crippen LogP contribution in [-0.4, -0.2) is 51.1 Å². The standard InChI is InChI=1S/C24H35F2NO5/c1-4-5-8-22(31-15-18-9-10-19(25)13-21(18)26)23(29-3)12-17(2)27-14-24(28)32-20-7-6-11-30-16-20/h9-10,13,20,22-23,27H,2,4-8,11-12,14-16H2,1,3H3/t20-,22-,23+/m1/s1. The van der Waals surface area contributed by atoms with E-state index in [0.29, 0.717) is 25.3 Å². The van der Waals surface area contributed by atoms with E-state index in [1.807, 2.05) is 0 Å². The number of hydrogen-bond acceptors (Lipinski definition) is 6. The maximum Gasteiger partial charge on any atom is 0.325 e. The first kappa shape index (κ1) is 26.2. The van der Waals surface area contributed by atoms with E-state index in [1.54, 1.807) is 7.11 Å². The first-order valence-electron chi connectivity index (χ1n) is 11.2. The third-order valence-corrected chi connectivity index (χ3v) is 5.37. The Morgan fingerprint density at radius 1 is 1.34 bits per heavy atom. The number of halogens is 2. The lowest BCUT2D eigenvalue weighted by Crippen LogP contribution is -2.35. The van der Waals surface area contributed by atoms with Gasteiger partial charge in [0.15, 0.2) is 0 Å². The van der Waals surface area contributed by atoms with E-state index in [4.69, 9.17) is 18.9 Å². The van der Waals surface area contributed by atoms with Crippen LogP contribution in [0.15, 0.2) is 30.5 Å². The zero-order chi connectivity index (χ0) is 23.3. The molecular weight excluding hydrogens is 420 g/mol. The van der Waals surface area contributed by atoms with Gasteiger partial charge in [-0.25, -0.2) is 8.78 Å². The highest BCUT2D eigenvalue weighted by Gasteiger charge is 2.24. The normalized spacial score (nSPS) is 18.1. The maximum absolute atomic E-state index is 14.0. The van der Waals surface area contributed by atoms with Crippen molar-refractivity contribution in [3.8, 4) is 0 Å². The number of benzene rings is 1. The number of ether oxygens (including phenoxy) is 4. The summed E-state index contributed by atoms with van der Waals surface area (Å²) >= 11 is 0. The van der Waals surface area contributed by atoms with Crippen molar-refractivity contribution < 1.29 is 32.5 Å². The van der Waals surface area contributed by atoms with E-state index in [0.717, 1.165) is 38.2 Å². The van der Waals surface area contributed by atoms with Gasteiger partial charge in [-0.3, -0.25) is 4.79 Å². The lowest BCUT2D eigenvalue weighted by molar-refractivity contribution is -0.154. The molecule has 0 saturated carbocycles. The molecule has 1 heterocycles. The van der Waals surface area contributed by atoms with E-state index >= 15 is 0 Å². The molecule has 0 aliphatic carbocycles. The van der Waals surface area contributed by atoms with Gasteiger partial charge in [-0.2, -0.15) is 0 Å². The Labute approximate surface area is 189 Å². The average molecular weight is 456 g/mol. The van der Waals surface area contributed by atoms with Crippen molar-refractivity contribution in [3.63, 3.8) is 0 Å². The number of carbonyl (C=O) groups is 1. The monoisotopic (exact) mass is 455 g/mol. The maximum atomic E-state index is 14.0. The molecule has 2 rings (SSSR count). The van der Waals surface area contributed by atoms with Crippen LogP contribution in [0.1, 0.15) is 51.0 Å². The molecule has 0 aromatic heterocycles. The summed E-state index contributed by atoms with van der Waals surface area (Å²) in [5.74, 6) is -1.62. The van der Waals surface area contributed by atoms with Gasteiger partial charge in [-0.1, -0.05) is 32.4 Å². The second-order valence-electron chi connectivity index (χ2n) is 7.99. The van der Waals surface area contributed by atoms with Crippen LogP contribution in [-0.2, 0) is 30.3 Å². The van der Waals surface area contributed by atoms with Crippen molar-refractivity contribution in [2.45, 2.75) is 70.4 Å². The minimum absolute atomic E-state index is 0.00699. The van der Waals surface area contributed by atoms with Gasteiger partial charge in [-0.15, -0.1) is 0 Å². The average Bonchev–Trinajstić information content (AvgIpc) is 2.78. The van der Waals surface area contributed by atoms with Gasteiger partial charge in [-0.05, 0) is 25.3 Å². The molecule has 1 aliphatic heterocycles. The largest absolute Gasteiger partial charge is 0.459 e. The lowest BCUT2D eigenvalue weighted by atomic mass is 10.0. The van der Waals surface area contributed by atoms with Crippen LogP contribution < -0.4 is 5.32 Å². The molecule has 180 valence electrons. The SMILES string of the molecule is C=C(C[C@H](OC)[C@@H](CCCC)OCc1ccc(F)cc1F)NCC(=O)O[C@@H]1CCCOC1. The highest BCUT2D eigenvalue weighted by atomic mass is 19.1. The molecule has 6 nitrogen and oxygen atoms in total. The van der Waals surface area contributed by atoms with Crippen LogP contribution >= 0.6 is 0 Å². The zero-order valence-corrected chi connectivity index (χ0v) is 19.0. The molecule has 0 unspecified atom stereocenters. The quantitative estimate of drug-likeness (QED) is 0.423. The molecule has 0 bridgehead atoms. The van der Waals surface area contributed by atoms with E-state index in [1.165, 1.54) is 12.1 Å². The summed E-state index contributed by atoms with van der Waals surface area (Å²) < 4.78 is 49.4. The minimum atomic E-state index is -0.638. The van der Waals surface area contributed by atoms with Gasteiger partial charge in [0.05, 0.1) is 25.4 Å². The molecule has 0 amide bonds. The van der Waals surface area contributed by atoms with E-state index in [9.17, 15) is 13.6 Å². The second kappa shape index (κ2) is 14.2. The molecule has 0 spiro atoms. The van der Waals surface area contributed by atoms with Gasteiger partial charge in [0.2, 0.25) is 0 Å². The third kappa shape index (κ3) is 9.22. The summed E-state index contributed by atoms with van der Waals surface area (Å²) in [7, 11) is 1.58. The summed E-state index contributed by atoms with van der Waals surface area (Å²) in [6.45, 7) is 7.21. The third-order valence-electron chi connectivity index (χ3n) is 5.37. The molecule has 1 saturated heterocycles. The predicted molar refractivity (Wildman–Crippen MR) is 117 cm³/mol. The number of carbonyl (C=O) groups excluding carboxylic acids is 1. The van der Waals surface area contributed by atoms with Crippen molar-refractivity contribution in [1.82, 2.24) is 5.32 Å². The van der Waals surface area contributed by atoms with Crippen LogP contribution in [0.5, 0.6) is 0 Å². The number of methoxy groups -OCH3 is 1. The van der Waals surface area contributed by atoms with Crippen molar-refractivity contribution in [2.75, 3.05) is 26.9 Å². The van der Waals surface area contributed by atoms with Gasteiger partial charge >= 0.3 is 5.97 Å². The molecule has 1 aromatic carbocycles.